The Labute approximate surface area is 122 Å². The van der Waals surface area contributed by atoms with Crippen LogP contribution in [-0.2, 0) is 9.53 Å². The maximum absolute atomic E-state index is 11.8. The summed E-state index contributed by atoms with van der Waals surface area (Å²) < 4.78 is 10.3. The minimum Gasteiger partial charge on any atom is -0.491 e. The molecule has 1 unspecified atom stereocenters. The Kier molecular flexibility index (Phi) is 7.20. The number of hydrogen-bond acceptors (Lipinski definition) is 6. The fourth-order valence-electron chi connectivity index (χ4n) is 1.48. The summed E-state index contributed by atoms with van der Waals surface area (Å²) in [5.74, 6) is -0.214. The highest BCUT2D eigenvalue weighted by atomic mass is 16.5. The number of nitrogens with one attached hydrogen (secondary N) is 1. The monoisotopic (exact) mass is 297 g/mol. The highest BCUT2D eigenvalue weighted by Gasteiger charge is 2.13. The minimum atomic E-state index is -1.12. The Bertz CT molecular complexity index is 477. The predicted octanol–water partition coefficient (Wildman–Crippen LogP) is 0.554. The van der Waals surface area contributed by atoms with Crippen LogP contribution in [0.4, 0.5) is 5.69 Å². The predicted molar refractivity (Wildman–Crippen MR) is 75.3 cm³/mol. The summed E-state index contributed by atoms with van der Waals surface area (Å²) in [6.07, 6.45) is 0.177. The molecule has 0 aliphatic carbocycles. The molecule has 0 bridgehead atoms. The Morgan fingerprint density at radius 1 is 1.48 bits per heavy atom. The molecule has 1 amide bonds. The van der Waals surface area contributed by atoms with E-state index in [-0.39, 0.29) is 12.2 Å². The van der Waals surface area contributed by atoms with Crippen molar-refractivity contribution in [2.75, 3.05) is 25.1 Å². The van der Waals surface area contributed by atoms with Crippen LogP contribution in [0.1, 0.15) is 23.7 Å². The standard InChI is InChI=1S/C14H19NO6/c1-2-5-20-13-4-3-10(6-12(13)15-9-17)14(19)21-8-11(18)7-16/h3-4,6,9,11,16,18H,2,5,7-8H2,1H3,(H,15,17). The highest BCUT2D eigenvalue weighted by Crippen LogP contribution is 2.26. The minimum absolute atomic E-state index is 0.202. The van der Waals surface area contributed by atoms with Gasteiger partial charge in [-0.2, -0.15) is 0 Å². The van der Waals surface area contributed by atoms with Crippen molar-refractivity contribution in [2.24, 2.45) is 0 Å². The lowest BCUT2D eigenvalue weighted by Crippen LogP contribution is -2.22. The number of benzene rings is 1. The number of carbonyl (C=O) groups is 2. The van der Waals surface area contributed by atoms with Gasteiger partial charge in [0.2, 0.25) is 6.41 Å². The van der Waals surface area contributed by atoms with Gasteiger partial charge in [-0.1, -0.05) is 6.92 Å². The van der Waals surface area contributed by atoms with Gasteiger partial charge in [0.1, 0.15) is 18.5 Å². The lowest BCUT2D eigenvalue weighted by Gasteiger charge is -2.12. The number of ether oxygens (including phenoxy) is 2. The van der Waals surface area contributed by atoms with Crippen LogP contribution in [0.2, 0.25) is 0 Å². The zero-order chi connectivity index (χ0) is 15.7. The van der Waals surface area contributed by atoms with Crippen molar-refractivity contribution >= 4 is 18.1 Å². The van der Waals surface area contributed by atoms with Crippen molar-refractivity contribution in [3.8, 4) is 5.75 Å². The van der Waals surface area contributed by atoms with Crippen LogP contribution >= 0.6 is 0 Å². The number of hydrogen-bond donors (Lipinski definition) is 3. The molecule has 1 atom stereocenters. The molecule has 3 N–H and O–H groups in total. The van der Waals surface area contributed by atoms with E-state index >= 15 is 0 Å². The van der Waals surface area contributed by atoms with E-state index in [0.717, 1.165) is 6.42 Å². The van der Waals surface area contributed by atoms with Gasteiger partial charge in [0, 0.05) is 0 Å². The van der Waals surface area contributed by atoms with Gasteiger partial charge in [-0.25, -0.2) is 4.79 Å². The molecule has 7 nitrogen and oxygen atoms in total. The fraction of sp³-hybridized carbons (Fsp3) is 0.429. The number of aliphatic hydroxyl groups excluding tert-OH is 2. The lowest BCUT2D eigenvalue weighted by atomic mass is 10.2. The molecule has 0 saturated carbocycles. The molecule has 0 aliphatic rings. The van der Waals surface area contributed by atoms with Crippen molar-refractivity contribution in [2.45, 2.75) is 19.4 Å². The number of anilines is 1. The number of rotatable bonds is 9. The van der Waals surface area contributed by atoms with Crippen molar-refractivity contribution < 1.29 is 29.3 Å². The molecule has 1 rings (SSSR count). The molecule has 0 heterocycles. The highest BCUT2D eigenvalue weighted by molar-refractivity contribution is 5.92. The Morgan fingerprint density at radius 3 is 2.86 bits per heavy atom. The Hall–Kier alpha value is -2.12. The quantitative estimate of drug-likeness (QED) is 0.454. The molecule has 0 aromatic heterocycles. The van der Waals surface area contributed by atoms with E-state index in [9.17, 15) is 9.59 Å². The summed E-state index contributed by atoms with van der Waals surface area (Å²) in [6.45, 7) is 1.64. The van der Waals surface area contributed by atoms with Gasteiger partial charge in [0.15, 0.2) is 0 Å². The van der Waals surface area contributed by atoms with Gasteiger partial charge < -0.3 is 25.0 Å². The van der Waals surface area contributed by atoms with Gasteiger partial charge in [-0.3, -0.25) is 4.79 Å². The molecule has 0 radical (unpaired) electrons. The smallest absolute Gasteiger partial charge is 0.338 e. The molecule has 116 valence electrons. The third-order valence-electron chi connectivity index (χ3n) is 2.51. The van der Waals surface area contributed by atoms with Gasteiger partial charge in [0.05, 0.1) is 24.5 Å². The topological polar surface area (TPSA) is 105 Å². The van der Waals surface area contributed by atoms with E-state index in [4.69, 9.17) is 19.7 Å². The van der Waals surface area contributed by atoms with Crippen LogP contribution < -0.4 is 10.1 Å². The number of aliphatic hydroxyl groups is 2. The van der Waals surface area contributed by atoms with E-state index in [1.54, 1.807) is 6.07 Å². The number of carbonyl (C=O) groups excluding carboxylic acids is 2. The first-order chi connectivity index (χ1) is 10.1. The Balaban J connectivity index is 2.81. The van der Waals surface area contributed by atoms with Crippen LogP contribution in [0.15, 0.2) is 18.2 Å². The molecule has 7 heteroatoms. The fourth-order valence-corrected chi connectivity index (χ4v) is 1.48. The average Bonchev–Trinajstić information content (AvgIpc) is 2.51. The first kappa shape index (κ1) is 16.9. The van der Waals surface area contributed by atoms with Crippen molar-refractivity contribution in [1.29, 1.82) is 0 Å². The lowest BCUT2D eigenvalue weighted by molar-refractivity contribution is -0.105. The van der Waals surface area contributed by atoms with E-state index in [1.165, 1.54) is 12.1 Å². The van der Waals surface area contributed by atoms with Crippen LogP contribution in [0.25, 0.3) is 0 Å². The zero-order valence-corrected chi connectivity index (χ0v) is 11.7. The molecule has 1 aromatic rings. The maximum atomic E-state index is 11.8. The molecular formula is C14H19NO6. The first-order valence-corrected chi connectivity index (χ1v) is 6.55. The molecular weight excluding hydrogens is 278 g/mol. The second-order valence-electron chi connectivity index (χ2n) is 4.26. The molecule has 0 fully saturated rings. The largest absolute Gasteiger partial charge is 0.491 e. The molecule has 0 aliphatic heterocycles. The molecule has 0 saturated heterocycles. The van der Waals surface area contributed by atoms with E-state index < -0.39 is 18.7 Å². The van der Waals surface area contributed by atoms with Crippen LogP contribution in [-0.4, -0.2) is 48.5 Å². The molecule has 21 heavy (non-hydrogen) atoms. The Morgan fingerprint density at radius 2 is 2.24 bits per heavy atom. The first-order valence-electron chi connectivity index (χ1n) is 6.55. The summed E-state index contributed by atoms with van der Waals surface area (Å²) >= 11 is 0. The molecule has 1 aromatic carbocycles. The SMILES string of the molecule is CCCOc1ccc(C(=O)OCC(O)CO)cc1NC=O. The summed E-state index contributed by atoms with van der Waals surface area (Å²) in [5, 5.41) is 20.2. The summed E-state index contributed by atoms with van der Waals surface area (Å²) in [7, 11) is 0. The van der Waals surface area contributed by atoms with Crippen LogP contribution in [0.5, 0.6) is 5.75 Å². The van der Waals surface area contributed by atoms with Crippen LogP contribution in [0.3, 0.4) is 0 Å². The number of esters is 1. The van der Waals surface area contributed by atoms with E-state index in [0.29, 0.717) is 24.5 Å². The number of amides is 1. The summed E-state index contributed by atoms with van der Waals surface area (Å²) in [4.78, 5) is 22.4. The third kappa shape index (κ3) is 5.41. The van der Waals surface area contributed by atoms with Crippen molar-refractivity contribution in [3.63, 3.8) is 0 Å². The van der Waals surface area contributed by atoms with Gasteiger partial charge in [-0.15, -0.1) is 0 Å². The second kappa shape index (κ2) is 8.93. The van der Waals surface area contributed by atoms with Gasteiger partial charge in [-0.05, 0) is 24.6 Å². The molecule has 0 spiro atoms. The summed E-state index contributed by atoms with van der Waals surface area (Å²) in [5.41, 5.74) is 0.559. The van der Waals surface area contributed by atoms with Crippen molar-refractivity contribution in [1.82, 2.24) is 0 Å². The third-order valence-corrected chi connectivity index (χ3v) is 2.51. The average molecular weight is 297 g/mol. The van der Waals surface area contributed by atoms with Gasteiger partial charge >= 0.3 is 5.97 Å². The van der Waals surface area contributed by atoms with E-state index in [1.807, 2.05) is 6.92 Å². The van der Waals surface area contributed by atoms with Crippen LogP contribution in [0, 0.1) is 0 Å². The van der Waals surface area contributed by atoms with E-state index in [2.05, 4.69) is 5.32 Å². The maximum Gasteiger partial charge on any atom is 0.338 e. The second-order valence-corrected chi connectivity index (χ2v) is 4.26. The normalized spacial score (nSPS) is 11.6. The summed E-state index contributed by atoms with van der Waals surface area (Å²) in [6, 6.07) is 4.47. The van der Waals surface area contributed by atoms with Gasteiger partial charge in [0.25, 0.3) is 0 Å². The van der Waals surface area contributed by atoms with Crippen molar-refractivity contribution in [3.05, 3.63) is 23.8 Å². The zero-order valence-electron chi connectivity index (χ0n) is 11.7.